The predicted molar refractivity (Wildman–Crippen MR) is 64.3 cm³/mol. The van der Waals surface area contributed by atoms with Gasteiger partial charge in [0.25, 0.3) is 0 Å². The van der Waals surface area contributed by atoms with Crippen molar-refractivity contribution in [1.29, 1.82) is 0 Å². The zero-order valence-corrected chi connectivity index (χ0v) is 10.7. The van der Waals surface area contributed by atoms with E-state index in [4.69, 9.17) is 15.6 Å². The van der Waals surface area contributed by atoms with Gasteiger partial charge in [-0.05, 0) is 19.3 Å². The summed E-state index contributed by atoms with van der Waals surface area (Å²) in [5, 5.41) is 8.87. The van der Waals surface area contributed by atoms with Gasteiger partial charge in [0, 0.05) is 12.0 Å². The Labute approximate surface area is 98.2 Å². The van der Waals surface area contributed by atoms with Gasteiger partial charge in [-0.1, -0.05) is 20.8 Å². The Kier molecular flexibility index (Phi) is 7.34. The maximum atomic E-state index is 10.8. The van der Waals surface area contributed by atoms with Gasteiger partial charge in [-0.3, -0.25) is 4.79 Å². The summed E-state index contributed by atoms with van der Waals surface area (Å²) in [4.78, 5) is 10.8. The largest absolute Gasteiger partial charge is 0.481 e. The summed E-state index contributed by atoms with van der Waals surface area (Å²) in [5.41, 5.74) is 5.75. The molecule has 0 aliphatic rings. The number of hydrogen-bond acceptors (Lipinski definition) is 3. The summed E-state index contributed by atoms with van der Waals surface area (Å²) in [5.74, 6) is -1.18. The second-order valence-corrected chi connectivity index (χ2v) is 4.37. The molecule has 0 bridgehead atoms. The van der Waals surface area contributed by atoms with E-state index in [1.807, 2.05) is 6.92 Å². The summed E-state index contributed by atoms with van der Waals surface area (Å²) >= 11 is 0. The number of rotatable bonds is 9. The number of carboxylic acid groups (broad SMARTS) is 1. The molecule has 0 amide bonds. The van der Waals surface area contributed by atoms with Crippen LogP contribution in [0.3, 0.4) is 0 Å². The molecule has 0 aliphatic heterocycles. The summed E-state index contributed by atoms with van der Waals surface area (Å²) in [6.45, 7) is 7.47. The van der Waals surface area contributed by atoms with Gasteiger partial charge in [-0.15, -0.1) is 0 Å². The van der Waals surface area contributed by atoms with Crippen LogP contribution in [-0.2, 0) is 9.53 Å². The highest BCUT2D eigenvalue weighted by molar-refractivity contribution is 5.69. The van der Waals surface area contributed by atoms with Gasteiger partial charge >= 0.3 is 5.97 Å². The van der Waals surface area contributed by atoms with Crippen LogP contribution in [0.15, 0.2) is 0 Å². The Balaban J connectivity index is 4.07. The highest BCUT2D eigenvalue weighted by atomic mass is 16.5. The third kappa shape index (κ3) is 4.49. The lowest BCUT2D eigenvalue weighted by Crippen LogP contribution is -2.35. The first-order valence-corrected chi connectivity index (χ1v) is 6.05. The van der Waals surface area contributed by atoms with Crippen LogP contribution in [0.2, 0.25) is 0 Å². The Morgan fingerprint density at radius 2 is 1.94 bits per heavy atom. The lowest BCUT2D eigenvalue weighted by atomic mass is 9.83. The first-order valence-electron chi connectivity index (χ1n) is 6.05. The van der Waals surface area contributed by atoms with Crippen molar-refractivity contribution < 1.29 is 14.6 Å². The minimum absolute atomic E-state index is 0.0107. The SMILES string of the molecule is CCC(COCC(CC)(CC)CN)C(=O)O. The van der Waals surface area contributed by atoms with Crippen LogP contribution in [0.4, 0.5) is 0 Å². The fraction of sp³-hybridized carbons (Fsp3) is 0.917. The van der Waals surface area contributed by atoms with Crippen molar-refractivity contribution in [3.8, 4) is 0 Å². The molecular formula is C12H25NO3. The van der Waals surface area contributed by atoms with Gasteiger partial charge in [0.1, 0.15) is 0 Å². The van der Waals surface area contributed by atoms with Crippen molar-refractivity contribution in [2.75, 3.05) is 19.8 Å². The second kappa shape index (κ2) is 7.63. The molecule has 0 aromatic heterocycles. The number of carboxylic acids is 1. The molecule has 0 saturated carbocycles. The molecule has 1 unspecified atom stereocenters. The smallest absolute Gasteiger partial charge is 0.308 e. The Morgan fingerprint density at radius 3 is 2.25 bits per heavy atom. The third-order valence-electron chi connectivity index (χ3n) is 3.50. The number of ether oxygens (including phenoxy) is 1. The Morgan fingerprint density at radius 1 is 1.38 bits per heavy atom. The van der Waals surface area contributed by atoms with E-state index in [2.05, 4.69) is 13.8 Å². The molecule has 96 valence electrons. The van der Waals surface area contributed by atoms with E-state index >= 15 is 0 Å². The van der Waals surface area contributed by atoms with E-state index < -0.39 is 11.9 Å². The number of carbonyl (C=O) groups is 1. The van der Waals surface area contributed by atoms with Crippen molar-refractivity contribution >= 4 is 5.97 Å². The van der Waals surface area contributed by atoms with Crippen LogP contribution in [-0.4, -0.2) is 30.8 Å². The molecule has 0 aromatic carbocycles. The minimum atomic E-state index is -0.783. The maximum Gasteiger partial charge on any atom is 0.308 e. The van der Waals surface area contributed by atoms with Crippen LogP contribution < -0.4 is 5.73 Å². The zero-order chi connectivity index (χ0) is 12.6. The van der Waals surface area contributed by atoms with Crippen LogP contribution in [0.25, 0.3) is 0 Å². The van der Waals surface area contributed by atoms with E-state index in [0.29, 0.717) is 19.6 Å². The molecule has 0 radical (unpaired) electrons. The Hall–Kier alpha value is -0.610. The quantitative estimate of drug-likeness (QED) is 0.635. The van der Waals surface area contributed by atoms with Gasteiger partial charge in [0.2, 0.25) is 0 Å². The molecule has 4 nitrogen and oxygen atoms in total. The molecule has 0 heterocycles. The van der Waals surface area contributed by atoms with E-state index in [1.54, 1.807) is 0 Å². The molecule has 16 heavy (non-hydrogen) atoms. The van der Waals surface area contributed by atoms with Crippen LogP contribution in [0.5, 0.6) is 0 Å². The molecule has 3 N–H and O–H groups in total. The fourth-order valence-electron chi connectivity index (χ4n) is 1.58. The highest BCUT2D eigenvalue weighted by Crippen LogP contribution is 2.25. The molecule has 0 rings (SSSR count). The van der Waals surface area contributed by atoms with Crippen molar-refractivity contribution in [2.24, 2.45) is 17.1 Å². The average Bonchev–Trinajstić information content (AvgIpc) is 2.30. The Bertz CT molecular complexity index is 194. The van der Waals surface area contributed by atoms with E-state index in [9.17, 15) is 4.79 Å². The standard InChI is InChI=1S/C12H25NO3/c1-4-10(11(14)15)7-16-9-12(5-2,6-3)8-13/h10H,4-9,13H2,1-3H3,(H,14,15). The van der Waals surface area contributed by atoms with Crippen LogP contribution >= 0.6 is 0 Å². The molecule has 4 heteroatoms. The van der Waals surface area contributed by atoms with Crippen molar-refractivity contribution in [3.05, 3.63) is 0 Å². The molecule has 1 atom stereocenters. The van der Waals surface area contributed by atoms with E-state index in [1.165, 1.54) is 0 Å². The van der Waals surface area contributed by atoms with Gasteiger partial charge in [-0.2, -0.15) is 0 Å². The number of nitrogens with two attached hydrogens (primary N) is 1. The van der Waals surface area contributed by atoms with Gasteiger partial charge in [0.15, 0.2) is 0 Å². The van der Waals surface area contributed by atoms with E-state index in [0.717, 1.165) is 12.8 Å². The van der Waals surface area contributed by atoms with Crippen molar-refractivity contribution in [3.63, 3.8) is 0 Å². The van der Waals surface area contributed by atoms with Crippen LogP contribution in [0, 0.1) is 11.3 Å². The first kappa shape index (κ1) is 15.4. The number of hydrogen-bond donors (Lipinski definition) is 2. The van der Waals surface area contributed by atoms with Crippen LogP contribution in [0.1, 0.15) is 40.0 Å². The summed E-state index contributed by atoms with van der Waals surface area (Å²) < 4.78 is 5.53. The second-order valence-electron chi connectivity index (χ2n) is 4.37. The topological polar surface area (TPSA) is 72.5 Å². The molecule has 0 aliphatic carbocycles. The molecule has 0 fully saturated rings. The monoisotopic (exact) mass is 231 g/mol. The zero-order valence-electron chi connectivity index (χ0n) is 10.7. The van der Waals surface area contributed by atoms with E-state index in [-0.39, 0.29) is 12.0 Å². The predicted octanol–water partition coefficient (Wildman–Crippen LogP) is 1.88. The molecule has 0 saturated heterocycles. The average molecular weight is 231 g/mol. The van der Waals surface area contributed by atoms with Crippen molar-refractivity contribution in [1.82, 2.24) is 0 Å². The molecule has 0 aromatic rings. The lowest BCUT2D eigenvalue weighted by Gasteiger charge is -2.30. The normalized spacial score (nSPS) is 13.8. The van der Waals surface area contributed by atoms with Crippen molar-refractivity contribution in [2.45, 2.75) is 40.0 Å². The van der Waals surface area contributed by atoms with Gasteiger partial charge in [0.05, 0.1) is 19.1 Å². The highest BCUT2D eigenvalue weighted by Gasteiger charge is 2.25. The minimum Gasteiger partial charge on any atom is -0.481 e. The summed E-state index contributed by atoms with van der Waals surface area (Å²) in [6.07, 6.45) is 2.52. The number of aliphatic carboxylic acids is 1. The van der Waals surface area contributed by atoms with Gasteiger partial charge < -0.3 is 15.6 Å². The fourth-order valence-corrected chi connectivity index (χ4v) is 1.58. The lowest BCUT2D eigenvalue weighted by molar-refractivity contribution is -0.144. The third-order valence-corrected chi connectivity index (χ3v) is 3.50. The molecule has 0 spiro atoms. The maximum absolute atomic E-state index is 10.8. The van der Waals surface area contributed by atoms with Gasteiger partial charge in [-0.25, -0.2) is 0 Å². The summed E-state index contributed by atoms with van der Waals surface area (Å²) in [7, 11) is 0. The summed E-state index contributed by atoms with van der Waals surface area (Å²) in [6, 6.07) is 0. The molecular weight excluding hydrogens is 206 g/mol. The first-order chi connectivity index (χ1) is 7.55.